The van der Waals surface area contributed by atoms with Gasteiger partial charge >= 0.3 is 0 Å². The quantitative estimate of drug-likeness (QED) is 0.903. The van der Waals surface area contributed by atoms with E-state index in [4.69, 9.17) is 11.6 Å². The maximum absolute atomic E-state index is 12.1. The van der Waals surface area contributed by atoms with Gasteiger partial charge in [0.25, 0.3) is 5.56 Å². The van der Waals surface area contributed by atoms with Gasteiger partial charge in [0.2, 0.25) is 0 Å². The Morgan fingerprint density at radius 1 is 1.53 bits per heavy atom. The molecule has 0 atom stereocenters. The average Bonchev–Trinajstić information content (AvgIpc) is 3.12. The number of rotatable bonds is 5. The van der Waals surface area contributed by atoms with E-state index in [9.17, 15) is 4.79 Å². The van der Waals surface area contributed by atoms with Crippen LogP contribution in [0.25, 0.3) is 0 Å². The maximum atomic E-state index is 12.1. The Bertz CT molecular complexity index is 518. The Labute approximate surface area is 119 Å². The van der Waals surface area contributed by atoms with Gasteiger partial charge < -0.3 is 5.32 Å². The molecule has 0 amide bonds. The lowest BCUT2D eigenvalue weighted by Gasteiger charge is -2.27. The van der Waals surface area contributed by atoms with Crippen LogP contribution in [0.3, 0.4) is 0 Å². The lowest BCUT2D eigenvalue weighted by molar-refractivity contribution is 0.461. The van der Waals surface area contributed by atoms with E-state index in [0.717, 1.165) is 0 Å². The van der Waals surface area contributed by atoms with Crippen molar-refractivity contribution in [1.82, 2.24) is 9.78 Å². The van der Waals surface area contributed by atoms with E-state index in [-0.39, 0.29) is 16.1 Å². The SMILES string of the molecule is CC(C)Cn1ncc(NC(C)(C)C2CC2)c(Cl)c1=O. The lowest BCUT2D eigenvalue weighted by atomic mass is 9.98. The van der Waals surface area contributed by atoms with Gasteiger partial charge in [-0.05, 0) is 38.5 Å². The molecule has 0 unspecified atom stereocenters. The second kappa shape index (κ2) is 5.16. The highest BCUT2D eigenvalue weighted by atomic mass is 35.5. The van der Waals surface area contributed by atoms with Crippen LogP contribution in [-0.2, 0) is 6.54 Å². The van der Waals surface area contributed by atoms with Crippen LogP contribution in [0.2, 0.25) is 5.02 Å². The number of hydrogen-bond acceptors (Lipinski definition) is 3. The van der Waals surface area contributed by atoms with Crippen molar-refractivity contribution in [3.63, 3.8) is 0 Å². The summed E-state index contributed by atoms with van der Waals surface area (Å²) in [5.41, 5.74) is 0.387. The first-order valence-corrected chi connectivity index (χ1v) is 7.23. The van der Waals surface area contributed by atoms with E-state index >= 15 is 0 Å². The molecule has 106 valence electrons. The van der Waals surface area contributed by atoms with E-state index < -0.39 is 0 Å². The topological polar surface area (TPSA) is 46.9 Å². The van der Waals surface area contributed by atoms with Gasteiger partial charge in [0.05, 0.1) is 11.9 Å². The summed E-state index contributed by atoms with van der Waals surface area (Å²) < 4.78 is 1.43. The third-order valence-corrected chi connectivity index (χ3v) is 3.94. The number of hydrogen-bond donors (Lipinski definition) is 1. The van der Waals surface area contributed by atoms with Crippen LogP contribution in [-0.4, -0.2) is 15.3 Å². The molecule has 5 heteroatoms. The Balaban J connectivity index is 2.23. The number of nitrogens with zero attached hydrogens (tertiary/aromatic N) is 2. The molecular weight excluding hydrogens is 262 g/mol. The van der Waals surface area contributed by atoms with Gasteiger partial charge in [-0.1, -0.05) is 25.4 Å². The zero-order chi connectivity index (χ0) is 14.2. The van der Waals surface area contributed by atoms with Crippen LogP contribution in [0.4, 0.5) is 5.69 Å². The normalized spacial score (nSPS) is 15.9. The molecule has 0 spiro atoms. The van der Waals surface area contributed by atoms with Crippen molar-refractivity contribution in [3.05, 3.63) is 21.6 Å². The van der Waals surface area contributed by atoms with Gasteiger partial charge in [0, 0.05) is 12.1 Å². The first-order chi connectivity index (χ1) is 8.81. The summed E-state index contributed by atoms with van der Waals surface area (Å²) >= 11 is 6.18. The Kier molecular flexibility index (Phi) is 3.90. The number of halogens is 1. The fraction of sp³-hybridized carbons (Fsp3) is 0.714. The zero-order valence-electron chi connectivity index (χ0n) is 12.0. The predicted octanol–water partition coefficient (Wildman–Crippen LogP) is 3.15. The highest BCUT2D eigenvalue weighted by molar-refractivity contribution is 6.32. The molecule has 1 fully saturated rings. The highest BCUT2D eigenvalue weighted by Crippen LogP contribution is 2.41. The molecule has 2 rings (SSSR count). The summed E-state index contributed by atoms with van der Waals surface area (Å²) in [7, 11) is 0. The van der Waals surface area contributed by atoms with Gasteiger partial charge in [-0.2, -0.15) is 5.10 Å². The fourth-order valence-corrected chi connectivity index (χ4v) is 2.48. The van der Waals surface area contributed by atoms with Crippen LogP contribution in [0.15, 0.2) is 11.0 Å². The molecular formula is C14H22ClN3O. The van der Waals surface area contributed by atoms with Gasteiger partial charge in [-0.25, -0.2) is 4.68 Å². The van der Waals surface area contributed by atoms with Crippen molar-refractivity contribution < 1.29 is 0 Å². The number of anilines is 1. The van der Waals surface area contributed by atoms with Crippen molar-refractivity contribution in [2.75, 3.05) is 5.32 Å². The summed E-state index contributed by atoms with van der Waals surface area (Å²) in [6, 6.07) is 0. The van der Waals surface area contributed by atoms with Crippen LogP contribution < -0.4 is 10.9 Å². The van der Waals surface area contributed by atoms with E-state index in [1.54, 1.807) is 6.20 Å². The van der Waals surface area contributed by atoms with Crippen LogP contribution in [0, 0.1) is 11.8 Å². The maximum Gasteiger partial charge on any atom is 0.287 e. The van der Waals surface area contributed by atoms with E-state index in [2.05, 4.69) is 24.3 Å². The van der Waals surface area contributed by atoms with Crippen LogP contribution in [0.5, 0.6) is 0 Å². The molecule has 0 aliphatic heterocycles. The molecule has 1 saturated carbocycles. The number of aromatic nitrogens is 2. The predicted molar refractivity (Wildman–Crippen MR) is 78.8 cm³/mol. The van der Waals surface area contributed by atoms with Crippen molar-refractivity contribution >= 4 is 17.3 Å². The van der Waals surface area contributed by atoms with Gasteiger partial charge in [0.1, 0.15) is 5.02 Å². The van der Waals surface area contributed by atoms with E-state index in [1.165, 1.54) is 17.5 Å². The van der Waals surface area contributed by atoms with Crippen molar-refractivity contribution in [2.24, 2.45) is 11.8 Å². The molecule has 1 aliphatic rings. The zero-order valence-corrected chi connectivity index (χ0v) is 12.8. The second-order valence-electron chi connectivity index (χ2n) is 6.37. The summed E-state index contributed by atoms with van der Waals surface area (Å²) in [6.07, 6.45) is 4.13. The summed E-state index contributed by atoms with van der Waals surface area (Å²) in [5, 5.41) is 7.80. The Morgan fingerprint density at radius 2 is 2.16 bits per heavy atom. The van der Waals surface area contributed by atoms with Gasteiger partial charge in [0.15, 0.2) is 0 Å². The number of nitrogens with one attached hydrogen (secondary N) is 1. The minimum absolute atomic E-state index is 0.0397. The highest BCUT2D eigenvalue weighted by Gasteiger charge is 2.38. The molecule has 0 bridgehead atoms. The van der Waals surface area contributed by atoms with Crippen molar-refractivity contribution in [2.45, 2.75) is 52.6 Å². The van der Waals surface area contributed by atoms with Gasteiger partial charge in [-0.3, -0.25) is 4.79 Å². The first kappa shape index (κ1) is 14.4. The summed E-state index contributed by atoms with van der Waals surface area (Å²) in [6.45, 7) is 8.96. The minimum atomic E-state index is -0.216. The third-order valence-electron chi connectivity index (χ3n) is 3.58. The largest absolute Gasteiger partial charge is 0.377 e. The molecule has 1 aromatic heterocycles. The van der Waals surface area contributed by atoms with E-state index in [0.29, 0.717) is 24.1 Å². The van der Waals surface area contributed by atoms with Crippen LogP contribution >= 0.6 is 11.6 Å². The molecule has 1 aromatic rings. The molecule has 0 saturated heterocycles. The second-order valence-corrected chi connectivity index (χ2v) is 6.75. The smallest absolute Gasteiger partial charge is 0.287 e. The first-order valence-electron chi connectivity index (χ1n) is 6.85. The van der Waals surface area contributed by atoms with E-state index in [1.807, 2.05) is 13.8 Å². The summed E-state index contributed by atoms with van der Waals surface area (Å²) in [4.78, 5) is 12.1. The van der Waals surface area contributed by atoms with Crippen LogP contribution in [0.1, 0.15) is 40.5 Å². The van der Waals surface area contributed by atoms with Gasteiger partial charge in [-0.15, -0.1) is 0 Å². The average molecular weight is 284 g/mol. The molecule has 19 heavy (non-hydrogen) atoms. The molecule has 1 heterocycles. The fourth-order valence-electron chi connectivity index (χ4n) is 2.28. The summed E-state index contributed by atoms with van der Waals surface area (Å²) in [5.74, 6) is 1.02. The molecule has 4 nitrogen and oxygen atoms in total. The van der Waals surface area contributed by atoms with Crippen molar-refractivity contribution in [1.29, 1.82) is 0 Å². The Morgan fingerprint density at radius 3 is 2.68 bits per heavy atom. The molecule has 0 radical (unpaired) electrons. The molecule has 1 aliphatic carbocycles. The molecule has 1 N–H and O–H groups in total. The minimum Gasteiger partial charge on any atom is -0.377 e. The van der Waals surface area contributed by atoms with Crippen molar-refractivity contribution in [3.8, 4) is 0 Å². The monoisotopic (exact) mass is 283 g/mol. The Hall–Kier alpha value is -1.03. The standard InChI is InChI=1S/C14H22ClN3O/c1-9(2)8-18-13(19)12(15)11(7-16-18)17-14(3,4)10-5-6-10/h7,9-10,17H,5-6,8H2,1-4H3. The third kappa shape index (κ3) is 3.30. The molecule has 0 aromatic carbocycles. The lowest BCUT2D eigenvalue weighted by Crippen LogP contribution is -2.35.